The van der Waals surface area contributed by atoms with E-state index in [1.807, 2.05) is 30.3 Å². The first-order valence-corrected chi connectivity index (χ1v) is 9.52. The molecule has 0 atom stereocenters. The van der Waals surface area contributed by atoms with Gasteiger partial charge in [-0.1, -0.05) is 12.1 Å². The third-order valence-corrected chi connectivity index (χ3v) is 5.28. The van der Waals surface area contributed by atoms with Gasteiger partial charge in [-0.25, -0.2) is 9.97 Å². The van der Waals surface area contributed by atoms with Gasteiger partial charge < -0.3 is 9.64 Å². The molecule has 0 saturated carbocycles. The van der Waals surface area contributed by atoms with Crippen LogP contribution in [-0.2, 0) is 0 Å². The minimum atomic E-state index is 0.367. The van der Waals surface area contributed by atoms with Crippen LogP contribution < -0.4 is 9.64 Å². The van der Waals surface area contributed by atoms with E-state index in [0.29, 0.717) is 5.92 Å². The van der Waals surface area contributed by atoms with Gasteiger partial charge in [-0.2, -0.15) is 0 Å². The normalized spacial score (nSPS) is 17.1. The molecule has 28 heavy (non-hydrogen) atoms. The largest absolute Gasteiger partial charge is 0.497 e. The fourth-order valence-corrected chi connectivity index (χ4v) is 3.78. The lowest BCUT2D eigenvalue weighted by Gasteiger charge is -2.41. The topological polar surface area (TPSA) is 63.0 Å². The highest BCUT2D eigenvalue weighted by atomic mass is 16.5. The van der Waals surface area contributed by atoms with E-state index in [9.17, 15) is 0 Å². The molecule has 6 heteroatoms. The molecule has 2 aliphatic heterocycles. The van der Waals surface area contributed by atoms with Crippen molar-refractivity contribution < 1.29 is 4.74 Å². The number of aliphatic imine (C=N–C) groups is 2. The summed E-state index contributed by atoms with van der Waals surface area (Å²) in [5.74, 6) is 2.18. The number of pyridine rings is 2. The molecule has 2 aromatic heterocycles. The van der Waals surface area contributed by atoms with Crippen LogP contribution in [0.2, 0.25) is 0 Å². The zero-order valence-electron chi connectivity index (χ0n) is 15.7. The molecule has 0 unspecified atom stereocenters. The smallest absolute Gasteiger partial charge is 0.161 e. The number of rotatable bonds is 4. The number of nitrogens with zero attached hydrogens (tertiary/aromatic N) is 5. The molecular formula is C22H21N5O. The van der Waals surface area contributed by atoms with Crippen molar-refractivity contribution in [3.05, 3.63) is 60.3 Å². The maximum atomic E-state index is 5.37. The van der Waals surface area contributed by atoms with Crippen LogP contribution in [0.15, 0.2) is 64.7 Å². The molecule has 6 nitrogen and oxygen atoms in total. The van der Waals surface area contributed by atoms with Crippen molar-refractivity contribution in [2.24, 2.45) is 15.9 Å². The van der Waals surface area contributed by atoms with Gasteiger partial charge >= 0.3 is 0 Å². The van der Waals surface area contributed by atoms with E-state index in [0.717, 1.165) is 65.8 Å². The summed E-state index contributed by atoms with van der Waals surface area (Å²) >= 11 is 0. The summed E-state index contributed by atoms with van der Waals surface area (Å²) in [5, 5.41) is 1.06. The van der Waals surface area contributed by atoms with E-state index in [-0.39, 0.29) is 0 Å². The Balaban J connectivity index is 1.35. The summed E-state index contributed by atoms with van der Waals surface area (Å²) < 4.78 is 5.37. The van der Waals surface area contributed by atoms with E-state index < -0.39 is 0 Å². The van der Waals surface area contributed by atoms with E-state index in [4.69, 9.17) is 19.7 Å². The number of hydrogen-bond donors (Lipinski definition) is 0. The molecule has 0 aliphatic carbocycles. The van der Waals surface area contributed by atoms with Gasteiger partial charge in [0.2, 0.25) is 0 Å². The highest BCUT2D eigenvalue weighted by Gasteiger charge is 2.35. The Labute approximate surface area is 163 Å². The molecule has 3 aromatic rings. The van der Waals surface area contributed by atoms with Crippen LogP contribution in [0.1, 0.15) is 5.56 Å². The van der Waals surface area contributed by atoms with Gasteiger partial charge in [0.25, 0.3) is 0 Å². The molecule has 0 radical (unpaired) electrons. The molecule has 1 saturated heterocycles. The number of aromatic nitrogens is 2. The number of anilines is 1. The molecule has 0 spiro atoms. The Hall–Kier alpha value is -3.28. The lowest BCUT2D eigenvalue weighted by atomic mass is 9.88. The molecule has 0 amide bonds. The summed E-state index contributed by atoms with van der Waals surface area (Å²) in [4.78, 5) is 21.0. The molecule has 1 fully saturated rings. The first-order valence-electron chi connectivity index (χ1n) is 9.52. The van der Waals surface area contributed by atoms with Gasteiger partial charge in [0, 0.05) is 36.2 Å². The Morgan fingerprint density at radius 3 is 2.79 bits per heavy atom. The molecule has 2 aliphatic rings. The fraction of sp³-hybridized carbons (Fsp3) is 0.273. The molecule has 4 heterocycles. The fourth-order valence-electron chi connectivity index (χ4n) is 3.78. The lowest BCUT2D eigenvalue weighted by Crippen LogP contribution is -2.53. The number of fused-ring (bicyclic) bond motifs is 1. The molecule has 140 valence electrons. The van der Waals surface area contributed by atoms with Gasteiger partial charge in [-0.15, -0.1) is 0 Å². The van der Waals surface area contributed by atoms with Gasteiger partial charge in [-0.3, -0.25) is 9.98 Å². The van der Waals surface area contributed by atoms with Crippen molar-refractivity contribution in [1.82, 2.24) is 9.97 Å². The highest BCUT2D eigenvalue weighted by Crippen LogP contribution is 2.28. The summed E-state index contributed by atoms with van der Waals surface area (Å²) in [7, 11) is 1.69. The van der Waals surface area contributed by atoms with Crippen LogP contribution in [0.3, 0.4) is 0 Å². The quantitative estimate of drug-likeness (QED) is 0.707. The average molecular weight is 371 g/mol. The maximum absolute atomic E-state index is 5.37. The Kier molecular flexibility index (Phi) is 4.24. The summed E-state index contributed by atoms with van der Waals surface area (Å²) in [6.07, 6.45) is 1.78. The van der Waals surface area contributed by atoms with E-state index >= 15 is 0 Å². The second-order valence-electron chi connectivity index (χ2n) is 7.05. The standard InChI is InChI=1S/C22H21N5O/c1-28-18-6-2-4-16(12-18)20-21(24-11-10-23-20)17-13-27(14-17)19-8-7-15-5-3-9-25-22(15)26-19/h2-9,12,17H,10-11,13-14H2,1H3. The molecule has 5 rings (SSSR count). The maximum Gasteiger partial charge on any atom is 0.161 e. The van der Waals surface area contributed by atoms with Crippen LogP contribution in [0, 0.1) is 5.92 Å². The van der Waals surface area contributed by atoms with Crippen LogP contribution >= 0.6 is 0 Å². The van der Waals surface area contributed by atoms with Crippen molar-refractivity contribution in [3.63, 3.8) is 0 Å². The van der Waals surface area contributed by atoms with Crippen LogP contribution in [0.4, 0.5) is 5.82 Å². The van der Waals surface area contributed by atoms with Crippen LogP contribution in [-0.4, -0.2) is 54.7 Å². The number of hydrogen-bond acceptors (Lipinski definition) is 6. The first kappa shape index (κ1) is 16.9. The molecule has 1 aromatic carbocycles. The van der Waals surface area contributed by atoms with Gasteiger partial charge in [0.15, 0.2) is 5.65 Å². The zero-order chi connectivity index (χ0) is 18.9. The monoisotopic (exact) mass is 371 g/mol. The van der Waals surface area contributed by atoms with E-state index in [1.165, 1.54) is 0 Å². The highest BCUT2D eigenvalue weighted by molar-refractivity contribution is 6.49. The Morgan fingerprint density at radius 2 is 1.89 bits per heavy atom. The summed E-state index contributed by atoms with van der Waals surface area (Å²) in [6.45, 7) is 3.29. The second-order valence-corrected chi connectivity index (χ2v) is 7.05. The molecular weight excluding hydrogens is 350 g/mol. The first-order chi connectivity index (χ1) is 13.8. The SMILES string of the molecule is COc1cccc(C2=NCCN=C2C2CN(c3ccc4cccnc4n3)C2)c1. The third kappa shape index (κ3) is 3.01. The summed E-state index contributed by atoms with van der Waals surface area (Å²) in [6, 6.07) is 16.2. The van der Waals surface area contributed by atoms with Crippen LogP contribution in [0.5, 0.6) is 5.75 Å². The number of ether oxygens (including phenoxy) is 1. The minimum Gasteiger partial charge on any atom is -0.497 e. The van der Waals surface area contributed by atoms with Gasteiger partial charge in [-0.05, 0) is 36.4 Å². The van der Waals surface area contributed by atoms with Gasteiger partial charge in [0.1, 0.15) is 11.6 Å². The predicted octanol–water partition coefficient (Wildman–Crippen LogP) is 3.02. The Bertz CT molecular complexity index is 1080. The van der Waals surface area contributed by atoms with Gasteiger partial charge in [0.05, 0.1) is 31.6 Å². The van der Waals surface area contributed by atoms with E-state index in [1.54, 1.807) is 13.3 Å². The van der Waals surface area contributed by atoms with Crippen molar-refractivity contribution in [2.75, 3.05) is 38.2 Å². The van der Waals surface area contributed by atoms with Crippen molar-refractivity contribution in [1.29, 1.82) is 0 Å². The molecule has 0 bridgehead atoms. The predicted molar refractivity (Wildman–Crippen MR) is 112 cm³/mol. The van der Waals surface area contributed by atoms with Crippen molar-refractivity contribution in [3.8, 4) is 5.75 Å². The zero-order valence-corrected chi connectivity index (χ0v) is 15.7. The lowest BCUT2D eigenvalue weighted by molar-refractivity contribution is 0.414. The minimum absolute atomic E-state index is 0.367. The number of benzene rings is 1. The van der Waals surface area contributed by atoms with E-state index in [2.05, 4.69) is 28.1 Å². The summed E-state index contributed by atoms with van der Waals surface area (Å²) in [5.41, 5.74) is 3.97. The average Bonchev–Trinajstić information content (AvgIpc) is 2.73. The van der Waals surface area contributed by atoms with Crippen molar-refractivity contribution in [2.45, 2.75) is 0 Å². The Morgan fingerprint density at radius 1 is 1.00 bits per heavy atom. The van der Waals surface area contributed by atoms with Crippen LogP contribution in [0.25, 0.3) is 11.0 Å². The van der Waals surface area contributed by atoms with Crippen molar-refractivity contribution >= 4 is 28.3 Å². The molecule has 0 N–H and O–H groups in total. The number of methoxy groups -OCH3 is 1. The third-order valence-electron chi connectivity index (χ3n) is 5.28. The second kappa shape index (κ2) is 7.03.